The van der Waals surface area contributed by atoms with Crippen molar-refractivity contribution >= 4 is 23.2 Å². The van der Waals surface area contributed by atoms with Crippen LogP contribution in [0, 0.1) is 18.8 Å². The lowest BCUT2D eigenvalue weighted by Gasteiger charge is -2.27. The van der Waals surface area contributed by atoms with Gasteiger partial charge in [-0.05, 0) is 62.4 Å². The molecule has 2 aromatic rings. The molecule has 1 saturated carbocycles. The number of benzene rings is 2. The minimum atomic E-state index is -0.0755. The molecule has 6 heteroatoms. The number of hydrogen-bond donors (Lipinski definition) is 2. The van der Waals surface area contributed by atoms with Crippen molar-refractivity contribution in [2.75, 3.05) is 17.4 Å². The van der Waals surface area contributed by atoms with Crippen molar-refractivity contribution in [3.05, 3.63) is 48.0 Å². The van der Waals surface area contributed by atoms with Gasteiger partial charge in [0.1, 0.15) is 0 Å². The minimum absolute atomic E-state index is 0.00333. The standard InChI is InChI=1S/C22H24N2O4/c1-14-3-2-4-17(11-14)23-21(25)15-5-7-16(8-6-15)22(26)24-18-9-10-19-20(12-18)28-13-27-19/h2-4,9-12,15-16H,5-8,13H2,1H3,(H,23,25)(H,24,26). The number of anilines is 2. The summed E-state index contributed by atoms with van der Waals surface area (Å²) in [4.78, 5) is 25.1. The molecule has 0 spiro atoms. The average Bonchev–Trinajstić information content (AvgIpc) is 3.16. The van der Waals surface area contributed by atoms with E-state index in [1.165, 1.54) is 0 Å². The van der Waals surface area contributed by atoms with Gasteiger partial charge in [-0.2, -0.15) is 0 Å². The van der Waals surface area contributed by atoms with Crippen LogP contribution in [-0.4, -0.2) is 18.6 Å². The molecule has 1 aliphatic carbocycles. The van der Waals surface area contributed by atoms with Crippen LogP contribution in [0.5, 0.6) is 11.5 Å². The highest BCUT2D eigenvalue weighted by atomic mass is 16.7. The molecule has 0 atom stereocenters. The third kappa shape index (κ3) is 4.11. The third-order valence-electron chi connectivity index (χ3n) is 5.39. The summed E-state index contributed by atoms with van der Waals surface area (Å²) < 4.78 is 10.6. The van der Waals surface area contributed by atoms with Crippen molar-refractivity contribution in [3.8, 4) is 11.5 Å². The third-order valence-corrected chi connectivity index (χ3v) is 5.39. The second-order valence-corrected chi connectivity index (χ2v) is 7.46. The number of carbonyl (C=O) groups excluding carboxylic acids is 2. The molecule has 2 aliphatic rings. The maximum atomic E-state index is 12.6. The van der Waals surface area contributed by atoms with Gasteiger partial charge >= 0.3 is 0 Å². The number of aryl methyl sites for hydroxylation is 1. The molecule has 1 aliphatic heterocycles. The van der Waals surface area contributed by atoms with Gasteiger partial charge in [0.2, 0.25) is 18.6 Å². The molecule has 2 amide bonds. The number of fused-ring (bicyclic) bond motifs is 1. The lowest BCUT2D eigenvalue weighted by molar-refractivity contribution is -0.125. The van der Waals surface area contributed by atoms with E-state index >= 15 is 0 Å². The largest absolute Gasteiger partial charge is 0.454 e. The number of nitrogens with one attached hydrogen (secondary N) is 2. The predicted molar refractivity (Wildman–Crippen MR) is 106 cm³/mol. The van der Waals surface area contributed by atoms with Crippen LogP contribution in [0.1, 0.15) is 31.2 Å². The second kappa shape index (κ2) is 7.92. The molecule has 2 aromatic carbocycles. The summed E-state index contributed by atoms with van der Waals surface area (Å²) in [6.45, 7) is 2.21. The molecule has 0 saturated heterocycles. The molecule has 0 aromatic heterocycles. The van der Waals surface area contributed by atoms with Crippen molar-refractivity contribution in [2.24, 2.45) is 11.8 Å². The van der Waals surface area contributed by atoms with Gasteiger partial charge in [-0.25, -0.2) is 0 Å². The first-order valence-electron chi connectivity index (χ1n) is 9.66. The Bertz CT molecular complexity index is 888. The van der Waals surface area contributed by atoms with E-state index in [1.54, 1.807) is 12.1 Å². The van der Waals surface area contributed by atoms with Crippen molar-refractivity contribution in [2.45, 2.75) is 32.6 Å². The van der Waals surface area contributed by atoms with E-state index in [0.717, 1.165) is 24.1 Å². The lowest BCUT2D eigenvalue weighted by Crippen LogP contribution is -2.32. The minimum Gasteiger partial charge on any atom is -0.454 e. The number of ether oxygens (including phenoxy) is 2. The zero-order chi connectivity index (χ0) is 19.5. The van der Waals surface area contributed by atoms with Crippen LogP contribution in [0.4, 0.5) is 11.4 Å². The highest BCUT2D eigenvalue weighted by Gasteiger charge is 2.30. The summed E-state index contributed by atoms with van der Waals surface area (Å²) in [7, 11) is 0. The molecular weight excluding hydrogens is 356 g/mol. The van der Waals surface area contributed by atoms with E-state index in [-0.39, 0.29) is 30.4 Å². The van der Waals surface area contributed by atoms with Gasteiger partial charge in [-0.3, -0.25) is 9.59 Å². The first-order valence-corrected chi connectivity index (χ1v) is 9.66. The van der Waals surface area contributed by atoms with Gasteiger partial charge in [-0.15, -0.1) is 0 Å². The van der Waals surface area contributed by atoms with Crippen molar-refractivity contribution in [1.82, 2.24) is 0 Å². The molecule has 28 heavy (non-hydrogen) atoms. The summed E-state index contributed by atoms with van der Waals surface area (Å²) in [6.07, 6.45) is 2.86. The van der Waals surface area contributed by atoms with Gasteiger partial charge in [-0.1, -0.05) is 12.1 Å². The van der Waals surface area contributed by atoms with E-state index in [1.807, 2.05) is 37.3 Å². The van der Waals surface area contributed by atoms with Crippen LogP contribution >= 0.6 is 0 Å². The van der Waals surface area contributed by atoms with E-state index in [9.17, 15) is 9.59 Å². The van der Waals surface area contributed by atoms with E-state index in [2.05, 4.69) is 10.6 Å². The Labute approximate surface area is 164 Å². The normalized spacial score (nSPS) is 20.5. The molecule has 0 unspecified atom stereocenters. The summed E-state index contributed by atoms with van der Waals surface area (Å²) >= 11 is 0. The van der Waals surface area contributed by atoms with Crippen molar-refractivity contribution in [3.63, 3.8) is 0 Å². The number of hydrogen-bond acceptors (Lipinski definition) is 4. The van der Waals surface area contributed by atoms with Crippen LogP contribution in [0.15, 0.2) is 42.5 Å². The summed E-state index contributed by atoms with van der Waals surface area (Å²) in [5, 5.41) is 5.95. The molecule has 0 radical (unpaired) electrons. The van der Waals surface area contributed by atoms with E-state index in [4.69, 9.17) is 9.47 Å². The SMILES string of the molecule is Cc1cccc(NC(=O)C2CCC(C(=O)Nc3ccc4c(c3)OCO4)CC2)c1. The lowest BCUT2D eigenvalue weighted by atomic mass is 9.81. The molecule has 146 valence electrons. The Morgan fingerprint density at radius 3 is 2.07 bits per heavy atom. The van der Waals surface area contributed by atoms with E-state index in [0.29, 0.717) is 30.0 Å². The smallest absolute Gasteiger partial charge is 0.231 e. The maximum Gasteiger partial charge on any atom is 0.231 e. The Morgan fingerprint density at radius 2 is 1.43 bits per heavy atom. The Morgan fingerprint density at radius 1 is 0.821 bits per heavy atom. The zero-order valence-electron chi connectivity index (χ0n) is 15.9. The van der Waals surface area contributed by atoms with Gasteiger partial charge in [0.05, 0.1) is 0 Å². The fourth-order valence-corrected chi connectivity index (χ4v) is 3.80. The van der Waals surface area contributed by atoms with Crippen LogP contribution < -0.4 is 20.1 Å². The number of carbonyl (C=O) groups is 2. The molecule has 6 nitrogen and oxygen atoms in total. The van der Waals surface area contributed by atoms with Gasteiger partial charge in [0.15, 0.2) is 11.5 Å². The summed E-state index contributed by atoms with van der Waals surface area (Å²) in [5.41, 5.74) is 2.64. The molecular formula is C22H24N2O4. The number of rotatable bonds is 4. The van der Waals surface area contributed by atoms with Gasteiger partial charge in [0, 0.05) is 29.3 Å². The topological polar surface area (TPSA) is 76.7 Å². The Kier molecular flexibility index (Phi) is 5.19. The highest BCUT2D eigenvalue weighted by Crippen LogP contribution is 2.35. The molecule has 4 rings (SSSR count). The highest BCUT2D eigenvalue weighted by molar-refractivity contribution is 5.94. The fraction of sp³-hybridized carbons (Fsp3) is 0.364. The van der Waals surface area contributed by atoms with Gasteiger partial charge < -0.3 is 20.1 Å². The average molecular weight is 380 g/mol. The van der Waals surface area contributed by atoms with Crippen LogP contribution in [0.3, 0.4) is 0 Å². The van der Waals surface area contributed by atoms with Gasteiger partial charge in [0.25, 0.3) is 0 Å². The van der Waals surface area contributed by atoms with E-state index < -0.39 is 0 Å². The maximum absolute atomic E-state index is 12.6. The quantitative estimate of drug-likeness (QED) is 0.837. The monoisotopic (exact) mass is 380 g/mol. The van der Waals surface area contributed by atoms with Crippen LogP contribution in [-0.2, 0) is 9.59 Å². The van der Waals surface area contributed by atoms with Crippen molar-refractivity contribution in [1.29, 1.82) is 0 Å². The molecule has 1 heterocycles. The van der Waals surface area contributed by atoms with Crippen molar-refractivity contribution < 1.29 is 19.1 Å². The first-order chi connectivity index (χ1) is 13.6. The Hall–Kier alpha value is -3.02. The fourth-order valence-electron chi connectivity index (χ4n) is 3.80. The molecule has 0 bridgehead atoms. The Balaban J connectivity index is 1.28. The summed E-state index contributed by atoms with van der Waals surface area (Å²) in [5.74, 6) is 1.26. The summed E-state index contributed by atoms with van der Waals surface area (Å²) in [6, 6.07) is 13.2. The first kappa shape index (κ1) is 18.3. The zero-order valence-corrected chi connectivity index (χ0v) is 15.9. The van der Waals surface area contributed by atoms with Crippen LogP contribution in [0.25, 0.3) is 0 Å². The molecule has 2 N–H and O–H groups in total. The second-order valence-electron chi connectivity index (χ2n) is 7.46. The number of amides is 2. The van der Waals surface area contributed by atoms with Crippen LogP contribution in [0.2, 0.25) is 0 Å². The molecule has 1 fully saturated rings. The predicted octanol–water partition coefficient (Wildman–Crippen LogP) is 4.11.